The standard InChI is InChI=1S/C17H24BrN3/c1-3-10-19-12-15(16-6-4-5-7-17(16)18)9-8-14-11-20-21(2)13-14/h4-7,11,13,15,19H,3,8-10,12H2,1-2H3. The molecule has 0 spiro atoms. The summed E-state index contributed by atoms with van der Waals surface area (Å²) >= 11 is 3.69. The second kappa shape index (κ2) is 8.35. The fourth-order valence-corrected chi connectivity index (χ4v) is 3.18. The van der Waals surface area contributed by atoms with Crippen molar-refractivity contribution in [2.75, 3.05) is 13.1 Å². The minimum absolute atomic E-state index is 0.521. The van der Waals surface area contributed by atoms with E-state index in [0.29, 0.717) is 5.92 Å². The lowest BCUT2D eigenvalue weighted by Gasteiger charge is -2.19. The maximum Gasteiger partial charge on any atom is 0.0521 e. The van der Waals surface area contributed by atoms with Gasteiger partial charge in [0.2, 0.25) is 0 Å². The van der Waals surface area contributed by atoms with Crippen LogP contribution in [0.5, 0.6) is 0 Å². The molecular formula is C17H24BrN3. The highest BCUT2D eigenvalue weighted by atomic mass is 79.9. The van der Waals surface area contributed by atoms with Crippen molar-refractivity contribution in [2.45, 2.75) is 32.1 Å². The smallest absolute Gasteiger partial charge is 0.0521 e. The first-order valence-corrected chi connectivity index (χ1v) is 8.42. The van der Waals surface area contributed by atoms with Crippen LogP contribution < -0.4 is 5.32 Å². The van der Waals surface area contributed by atoms with Gasteiger partial charge < -0.3 is 5.32 Å². The molecule has 0 aliphatic heterocycles. The van der Waals surface area contributed by atoms with Gasteiger partial charge in [0.25, 0.3) is 0 Å². The maximum absolute atomic E-state index is 4.25. The minimum Gasteiger partial charge on any atom is -0.316 e. The van der Waals surface area contributed by atoms with E-state index in [4.69, 9.17) is 0 Å². The van der Waals surface area contributed by atoms with Crippen LogP contribution in [-0.2, 0) is 13.5 Å². The first-order valence-electron chi connectivity index (χ1n) is 7.63. The van der Waals surface area contributed by atoms with Gasteiger partial charge in [0.1, 0.15) is 0 Å². The van der Waals surface area contributed by atoms with Crippen LogP contribution in [0.1, 0.15) is 36.8 Å². The number of hydrogen-bond donors (Lipinski definition) is 1. The van der Waals surface area contributed by atoms with E-state index < -0.39 is 0 Å². The molecule has 2 aromatic rings. The number of aromatic nitrogens is 2. The summed E-state index contributed by atoms with van der Waals surface area (Å²) in [6.07, 6.45) is 7.44. The van der Waals surface area contributed by atoms with Crippen molar-refractivity contribution >= 4 is 15.9 Å². The van der Waals surface area contributed by atoms with E-state index in [9.17, 15) is 0 Å². The van der Waals surface area contributed by atoms with Gasteiger partial charge in [-0.05, 0) is 48.9 Å². The molecule has 0 saturated heterocycles. The molecule has 1 aromatic carbocycles. The van der Waals surface area contributed by atoms with Crippen LogP contribution in [-0.4, -0.2) is 22.9 Å². The van der Waals surface area contributed by atoms with Crippen molar-refractivity contribution in [3.63, 3.8) is 0 Å². The van der Waals surface area contributed by atoms with E-state index in [0.717, 1.165) is 25.9 Å². The number of halogens is 1. The van der Waals surface area contributed by atoms with Crippen LogP contribution in [0.2, 0.25) is 0 Å². The molecule has 0 aliphatic carbocycles. The number of benzene rings is 1. The Balaban J connectivity index is 2.03. The summed E-state index contributed by atoms with van der Waals surface area (Å²) in [4.78, 5) is 0. The van der Waals surface area contributed by atoms with Gasteiger partial charge in [-0.25, -0.2) is 0 Å². The number of aryl methyl sites for hydroxylation is 2. The van der Waals surface area contributed by atoms with Gasteiger partial charge in [-0.15, -0.1) is 0 Å². The summed E-state index contributed by atoms with van der Waals surface area (Å²) in [5.74, 6) is 0.521. The fraction of sp³-hybridized carbons (Fsp3) is 0.471. The van der Waals surface area contributed by atoms with Crippen molar-refractivity contribution in [2.24, 2.45) is 7.05 Å². The lowest BCUT2D eigenvalue weighted by Crippen LogP contribution is -2.23. The normalized spacial score (nSPS) is 12.5. The molecule has 0 aliphatic rings. The van der Waals surface area contributed by atoms with Crippen LogP contribution >= 0.6 is 15.9 Å². The summed E-state index contributed by atoms with van der Waals surface area (Å²) < 4.78 is 3.08. The third-order valence-corrected chi connectivity index (χ3v) is 4.42. The van der Waals surface area contributed by atoms with Crippen LogP contribution in [0.4, 0.5) is 0 Å². The summed E-state index contributed by atoms with van der Waals surface area (Å²) in [5.41, 5.74) is 2.70. The predicted octanol–water partition coefficient (Wildman–Crippen LogP) is 3.90. The molecule has 4 heteroatoms. The number of hydrogen-bond acceptors (Lipinski definition) is 2. The highest BCUT2D eigenvalue weighted by Gasteiger charge is 2.14. The lowest BCUT2D eigenvalue weighted by atomic mass is 9.93. The maximum atomic E-state index is 4.25. The Morgan fingerprint density at radius 2 is 2.14 bits per heavy atom. The van der Waals surface area contributed by atoms with Crippen molar-refractivity contribution in [1.82, 2.24) is 15.1 Å². The zero-order valence-electron chi connectivity index (χ0n) is 12.8. The zero-order chi connectivity index (χ0) is 15.1. The fourth-order valence-electron chi connectivity index (χ4n) is 2.57. The Hall–Kier alpha value is -1.13. The van der Waals surface area contributed by atoms with Crippen molar-refractivity contribution < 1.29 is 0 Å². The molecular weight excluding hydrogens is 326 g/mol. The van der Waals surface area contributed by atoms with Gasteiger partial charge in [0.15, 0.2) is 0 Å². The highest BCUT2D eigenvalue weighted by Crippen LogP contribution is 2.28. The SMILES string of the molecule is CCCNCC(CCc1cnn(C)c1)c1ccccc1Br. The van der Waals surface area contributed by atoms with Gasteiger partial charge in [0.05, 0.1) is 6.20 Å². The van der Waals surface area contributed by atoms with Crippen molar-refractivity contribution in [3.05, 3.63) is 52.3 Å². The summed E-state index contributed by atoms with van der Waals surface area (Å²) in [5, 5.41) is 7.81. The van der Waals surface area contributed by atoms with Crippen LogP contribution in [0.3, 0.4) is 0 Å². The summed E-state index contributed by atoms with van der Waals surface area (Å²) in [7, 11) is 1.97. The molecule has 1 N–H and O–H groups in total. The molecule has 3 nitrogen and oxygen atoms in total. The Morgan fingerprint density at radius 3 is 2.81 bits per heavy atom. The van der Waals surface area contributed by atoms with E-state index in [2.05, 4.69) is 63.7 Å². The molecule has 0 radical (unpaired) electrons. The predicted molar refractivity (Wildman–Crippen MR) is 91.6 cm³/mol. The highest BCUT2D eigenvalue weighted by molar-refractivity contribution is 9.10. The van der Waals surface area contributed by atoms with E-state index in [1.807, 2.05) is 17.9 Å². The number of rotatable bonds is 8. The zero-order valence-corrected chi connectivity index (χ0v) is 14.4. The number of nitrogens with zero attached hydrogens (tertiary/aromatic N) is 2. The van der Waals surface area contributed by atoms with Crippen LogP contribution in [0.15, 0.2) is 41.1 Å². The Bertz CT molecular complexity index is 550. The monoisotopic (exact) mass is 349 g/mol. The second-order valence-corrected chi connectivity index (χ2v) is 6.34. The van der Waals surface area contributed by atoms with Crippen LogP contribution in [0.25, 0.3) is 0 Å². The quantitative estimate of drug-likeness (QED) is 0.732. The van der Waals surface area contributed by atoms with Crippen molar-refractivity contribution in [1.29, 1.82) is 0 Å². The molecule has 0 saturated carbocycles. The molecule has 0 bridgehead atoms. The summed E-state index contributed by atoms with van der Waals surface area (Å²) in [6, 6.07) is 8.56. The Kier molecular flexibility index (Phi) is 6.46. The lowest BCUT2D eigenvalue weighted by molar-refractivity contribution is 0.547. The summed E-state index contributed by atoms with van der Waals surface area (Å²) in [6.45, 7) is 4.31. The van der Waals surface area contributed by atoms with Gasteiger partial charge in [-0.3, -0.25) is 4.68 Å². The minimum atomic E-state index is 0.521. The molecule has 1 unspecified atom stereocenters. The average molecular weight is 350 g/mol. The first kappa shape index (κ1) is 16.2. The Labute approximate surface area is 135 Å². The molecule has 1 atom stereocenters. The van der Waals surface area contributed by atoms with Gasteiger partial charge in [-0.1, -0.05) is 41.1 Å². The number of nitrogens with one attached hydrogen (secondary N) is 1. The third-order valence-electron chi connectivity index (χ3n) is 3.70. The van der Waals surface area contributed by atoms with Crippen molar-refractivity contribution in [3.8, 4) is 0 Å². The average Bonchev–Trinajstić information content (AvgIpc) is 2.89. The van der Waals surface area contributed by atoms with Gasteiger partial charge >= 0.3 is 0 Å². The first-order chi connectivity index (χ1) is 10.2. The van der Waals surface area contributed by atoms with E-state index in [1.54, 1.807) is 0 Å². The second-order valence-electron chi connectivity index (χ2n) is 5.48. The van der Waals surface area contributed by atoms with Gasteiger partial charge in [-0.2, -0.15) is 5.10 Å². The molecule has 114 valence electrons. The molecule has 21 heavy (non-hydrogen) atoms. The Morgan fingerprint density at radius 1 is 1.33 bits per heavy atom. The van der Waals surface area contributed by atoms with E-state index in [-0.39, 0.29) is 0 Å². The van der Waals surface area contributed by atoms with Crippen LogP contribution in [0, 0.1) is 0 Å². The van der Waals surface area contributed by atoms with E-state index in [1.165, 1.54) is 22.0 Å². The molecule has 0 amide bonds. The third kappa shape index (κ3) is 4.97. The largest absolute Gasteiger partial charge is 0.316 e. The molecule has 1 heterocycles. The van der Waals surface area contributed by atoms with Gasteiger partial charge in [0, 0.05) is 24.3 Å². The molecule has 1 aromatic heterocycles. The topological polar surface area (TPSA) is 29.9 Å². The van der Waals surface area contributed by atoms with E-state index >= 15 is 0 Å². The molecule has 2 rings (SSSR count). The molecule has 0 fully saturated rings.